The van der Waals surface area contributed by atoms with Gasteiger partial charge >= 0.3 is 0 Å². The summed E-state index contributed by atoms with van der Waals surface area (Å²) in [6.07, 6.45) is 9.73. The third-order valence-electron chi connectivity index (χ3n) is 5.25. The minimum absolute atomic E-state index is 0.0434. The molecule has 2 aliphatic rings. The summed E-state index contributed by atoms with van der Waals surface area (Å²) < 4.78 is 6.24. The first-order valence-electron chi connectivity index (χ1n) is 9.28. The molecule has 2 fully saturated rings. The molecule has 1 aromatic rings. The molecule has 2 unspecified atom stereocenters. The molecular weight excluding hydrogens is 296 g/mol. The van der Waals surface area contributed by atoms with Gasteiger partial charge in [-0.15, -0.1) is 0 Å². The first kappa shape index (κ1) is 17.5. The first-order valence-corrected chi connectivity index (χ1v) is 9.28. The fourth-order valence-electron chi connectivity index (χ4n) is 4.08. The van der Waals surface area contributed by atoms with Gasteiger partial charge in [-0.25, -0.2) is 0 Å². The van der Waals surface area contributed by atoms with Crippen molar-refractivity contribution in [3.63, 3.8) is 0 Å². The number of rotatable bonds is 2. The number of ether oxygens (including phenoxy) is 1. The lowest BCUT2D eigenvalue weighted by atomic mass is 9.88. The van der Waals surface area contributed by atoms with Gasteiger partial charge in [0, 0.05) is 18.9 Å². The standard InChI is InChI=1S/C21H30N2O/c1-20(2)10-6-11-21(3,24-20)12-7-15-23-14-5-9-19(17-23)18-8-4-13-22-16-18/h4,8,13,16,19H,5-6,9-11,14-15,17H2,1-3H3. The van der Waals surface area contributed by atoms with Crippen molar-refractivity contribution in [2.75, 3.05) is 19.6 Å². The van der Waals surface area contributed by atoms with Crippen LogP contribution < -0.4 is 0 Å². The topological polar surface area (TPSA) is 25.4 Å². The van der Waals surface area contributed by atoms with E-state index in [4.69, 9.17) is 4.74 Å². The van der Waals surface area contributed by atoms with Gasteiger partial charge in [0.2, 0.25) is 0 Å². The predicted octanol–water partition coefficient (Wildman–Crippen LogP) is 4.00. The van der Waals surface area contributed by atoms with Gasteiger partial charge in [0.25, 0.3) is 0 Å². The lowest BCUT2D eigenvalue weighted by Crippen LogP contribution is -2.42. The summed E-state index contributed by atoms with van der Waals surface area (Å²) in [7, 11) is 0. The molecule has 0 amide bonds. The quantitative estimate of drug-likeness (QED) is 0.768. The van der Waals surface area contributed by atoms with Crippen LogP contribution in [0.15, 0.2) is 24.5 Å². The van der Waals surface area contributed by atoms with E-state index >= 15 is 0 Å². The maximum atomic E-state index is 6.24. The second-order valence-corrected chi connectivity index (χ2v) is 8.11. The Labute approximate surface area is 146 Å². The molecule has 0 aromatic carbocycles. The lowest BCUT2D eigenvalue weighted by Gasteiger charge is -2.40. The summed E-state index contributed by atoms with van der Waals surface area (Å²) in [5.74, 6) is 7.43. The highest BCUT2D eigenvalue weighted by atomic mass is 16.5. The van der Waals surface area contributed by atoms with Crippen LogP contribution in [0.5, 0.6) is 0 Å². The van der Waals surface area contributed by atoms with Crippen molar-refractivity contribution in [3.05, 3.63) is 30.1 Å². The summed E-state index contributed by atoms with van der Waals surface area (Å²) >= 11 is 0. The van der Waals surface area contributed by atoms with Crippen LogP contribution in [0.25, 0.3) is 0 Å². The van der Waals surface area contributed by atoms with Crippen molar-refractivity contribution in [2.24, 2.45) is 0 Å². The minimum atomic E-state index is -0.277. The molecule has 3 nitrogen and oxygen atoms in total. The number of hydrogen-bond acceptors (Lipinski definition) is 3. The van der Waals surface area contributed by atoms with E-state index in [1.165, 1.54) is 24.8 Å². The van der Waals surface area contributed by atoms with Gasteiger partial charge < -0.3 is 4.74 Å². The zero-order chi connectivity index (χ0) is 17.0. The summed E-state index contributed by atoms with van der Waals surface area (Å²) in [6.45, 7) is 9.58. The van der Waals surface area contributed by atoms with Gasteiger partial charge in [-0.3, -0.25) is 9.88 Å². The van der Waals surface area contributed by atoms with Gasteiger partial charge in [-0.1, -0.05) is 17.9 Å². The fourth-order valence-corrected chi connectivity index (χ4v) is 4.08. The minimum Gasteiger partial charge on any atom is -0.357 e. The molecule has 0 spiro atoms. The molecule has 2 saturated heterocycles. The van der Waals surface area contributed by atoms with Crippen molar-refractivity contribution in [1.29, 1.82) is 0 Å². The first-order chi connectivity index (χ1) is 11.5. The van der Waals surface area contributed by atoms with Gasteiger partial charge in [-0.05, 0) is 77.0 Å². The van der Waals surface area contributed by atoms with Crippen LogP contribution in [0, 0.1) is 11.8 Å². The SMILES string of the molecule is CC1(C)CCCC(C)(C#CCN2CCCC(c3cccnc3)C2)O1. The smallest absolute Gasteiger partial charge is 0.126 e. The van der Waals surface area contributed by atoms with Crippen LogP contribution in [-0.2, 0) is 4.74 Å². The van der Waals surface area contributed by atoms with Crippen molar-refractivity contribution >= 4 is 0 Å². The number of likely N-dealkylation sites (tertiary alicyclic amines) is 1. The van der Waals surface area contributed by atoms with Crippen LogP contribution in [0.4, 0.5) is 0 Å². The summed E-state index contributed by atoms with van der Waals surface area (Å²) in [4.78, 5) is 6.75. The summed E-state index contributed by atoms with van der Waals surface area (Å²) in [5, 5.41) is 0. The van der Waals surface area contributed by atoms with E-state index in [9.17, 15) is 0 Å². The molecular formula is C21H30N2O. The Bertz CT molecular complexity index is 601. The molecule has 3 heteroatoms. The molecule has 1 aromatic heterocycles. The van der Waals surface area contributed by atoms with E-state index in [-0.39, 0.29) is 11.2 Å². The Balaban J connectivity index is 1.57. The number of pyridine rings is 1. The lowest BCUT2D eigenvalue weighted by molar-refractivity contribution is -0.135. The molecule has 3 rings (SSSR count). The van der Waals surface area contributed by atoms with Crippen LogP contribution in [0.2, 0.25) is 0 Å². The number of piperidine rings is 1. The van der Waals surface area contributed by atoms with Gasteiger partial charge in [0.15, 0.2) is 0 Å². The Kier molecular flexibility index (Phi) is 5.27. The molecule has 2 atom stereocenters. The van der Waals surface area contributed by atoms with Crippen LogP contribution in [0.1, 0.15) is 64.4 Å². The molecule has 130 valence electrons. The number of aromatic nitrogens is 1. The Hall–Kier alpha value is -1.37. The maximum Gasteiger partial charge on any atom is 0.126 e. The summed E-state index contributed by atoms with van der Waals surface area (Å²) in [6, 6.07) is 4.24. The Morgan fingerprint density at radius 3 is 2.92 bits per heavy atom. The fraction of sp³-hybridized carbons (Fsp3) is 0.667. The van der Waals surface area contributed by atoms with E-state index in [2.05, 4.69) is 48.6 Å². The Morgan fingerprint density at radius 2 is 2.17 bits per heavy atom. The van der Waals surface area contributed by atoms with E-state index in [1.807, 2.05) is 18.5 Å². The van der Waals surface area contributed by atoms with Crippen molar-refractivity contribution < 1.29 is 4.74 Å². The zero-order valence-corrected chi connectivity index (χ0v) is 15.3. The normalized spacial score (nSPS) is 30.4. The van der Waals surface area contributed by atoms with Gasteiger partial charge in [-0.2, -0.15) is 0 Å². The monoisotopic (exact) mass is 326 g/mol. The molecule has 2 aliphatic heterocycles. The van der Waals surface area contributed by atoms with E-state index in [0.29, 0.717) is 5.92 Å². The molecule has 0 saturated carbocycles. The molecule has 0 N–H and O–H groups in total. The zero-order valence-electron chi connectivity index (χ0n) is 15.3. The van der Waals surface area contributed by atoms with E-state index in [1.54, 1.807) is 0 Å². The highest BCUT2D eigenvalue weighted by molar-refractivity contribution is 5.18. The van der Waals surface area contributed by atoms with Crippen molar-refractivity contribution in [2.45, 2.75) is 70.0 Å². The van der Waals surface area contributed by atoms with E-state index < -0.39 is 0 Å². The van der Waals surface area contributed by atoms with Gasteiger partial charge in [0.1, 0.15) is 5.60 Å². The van der Waals surface area contributed by atoms with Crippen LogP contribution in [-0.4, -0.2) is 40.7 Å². The average molecular weight is 326 g/mol. The molecule has 0 bridgehead atoms. The highest BCUT2D eigenvalue weighted by Gasteiger charge is 2.35. The Morgan fingerprint density at radius 1 is 1.29 bits per heavy atom. The largest absolute Gasteiger partial charge is 0.357 e. The van der Waals surface area contributed by atoms with E-state index in [0.717, 1.165) is 32.5 Å². The summed E-state index contributed by atoms with van der Waals surface area (Å²) in [5.41, 5.74) is 1.04. The second kappa shape index (κ2) is 7.25. The number of hydrogen-bond donors (Lipinski definition) is 0. The molecule has 0 aliphatic carbocycles. The third kappa shape index (κ3) is 4.59. The predicted molar refractivity (Wildman–Crippen MR) is 97.8 cm³/mol. The highest BCUT2D eigenvalue weighted by Crippen LogP contribution is 2.34. The molecule has 0 radical (unpaired) electrons. The molecule has 3 heterocycles. The van der Waals surface area contributed by atoms with Crippen molar-refractivity contribution in [1.82, 2.24) is 9.88 Å². The molecule has 24 heavy (non-hydrogen) atoms. The average Bonchev–Trinajstić information content (AvgIpc) is 2.55. The third-order valence-corrected chi connectivity index (χ3v) is 5.25. The van der Waals surface area contributed by atoms with Gasteiger partial charge in [0.05, 0.1) is 12.1 Å². The number of nitrogens with zero attached hydrogens (tertiary/aromatic N) is 2. The second-order valence-electron chi connectivity index (χ2n) is 8.11. The van der Waals surface area contributed by atoms with Crippen LogP contribution >= 0.6 is 0 Å². The van der Waals surface area contributed by atoms with Crippen molar-refractivity contribution in [3.8, 4) is 11.8 Å². The van der Waals surface area contributed by atoms with Crippen LogP contribution in [0.3, 0.4) is 0 Å². The maximum absolute atomic E-state index is 6.24.